The summed E-state index contributed by atoms with van der Waals surface area (Å²) in [4.78, 5) is 2.32. The van der Waals surface area contributed by atoms with Crippen molar-refractivity contribution in [3.8, 4) is 5.75 Å². The van der Waals surface area contributed by atoms with Gasteiger partial charge < -0.3 is 20.5 Å². The Labute approximate surface area is 108 Å². The summed E-state index contributed by atoms with van der Waals surface area (Å²) in [6.45, 7) is 2.96. The summed E-state index contributed by atoms with van der Waals surface area (Å²) in [6.07, 6.45) is 1.87. The first-order valence-corrected chi connectivity index (χ1v) is 6.50. The first-order valence-electron chi connectivity index (χ1n) is 6.50. The number of benzene rings is 1. The van der Waals surface area contributed by atoms with Crippen molar-refractivity contribution in [1.82, 2.24) is 4.90 Å². The van der Waals surface area contributed by atoms with Crippen LogP contribution in [-0.4, -0.2) is 42.8 Å². The highest BCUT2D eigenvalue weighted by Crippen LogP contribution is 2.20. The van der Waals surface area contributed by atoms with Gasteiger partial charge in [-0.3, -0.25) is 0 Å². The van der Waals surface area contributed by atoms with Crippen LogP contribution in [0.1, 0.15) is 24.5 Å². The molecule has 1 heterocycles. The van der Waals surface area contributed by atoms with Crippen molar-refractivity contribution in [1.29, 1.82) is 0 Å². The fourth-order valence-electron chi connectivity index (χ4n) is 2.41. The summed E-state index contributed by atoms with van der Waals surface area (Å²) in [7, 11) is 1.63. The molecule has 18 heavy (non-hydrogen) atoms. The standard InChI is InChI=1S/C14H22N2O2/c1-18-12-6-4-11(5-7-12)14(17)13(15)10-16-8-2-3-9-16/h4-7,13-14,17H,2-3,8-10,15H2,1H3/t13-,14-/m1/s1. The van der Waals surface area contributed by atoms with Crippen molar-refractivity contribution < 1.29 is 9.84 Å². The molecule has 1 aliphatic rings. The van der Waals surface area contributed by atoms with Gasteiger partial charge in [-0.05, 0) is 43.6 Å². The SMILES string of the molecule is COc1ccc([C@@H](O)[C@H](N)CN2CCCC2)cc1. The summed E-state index contributed by atoms with van der Waals surface area (Å²) in [5, 5.41) is 10.2. The van der Waals surface area contributed by atoms with Crippen LogP contribution in [0.5, 0.6) is 5.75 Å². The third-order valence-corrected chi connectivity index (χ3v) is 3.53. The van der Waals surface area contributed by atoms with Gasteiger partial charge in [0.05, 0.1) is 13.2 Å². The van der Waals surface area contributed by atoms with Crippen LogP contribution >= 0.6 is 0 Å². The Bertz CT molecular complexity index is 361. The maximum atomic E-state index is 10.2. The van der Waals surface area contributed by atoms with Gasteiger partial charge in [0, 0.05) is 12.6 Å². The third-order valence-electron chi connectivity index (χ3n) is 3.53. The molecule has 0 radical (unpaired) electrons. The van der Waals surface area contributed by atoms with Crippen LogP contribution in [0.2, 0.25) is 0 Å². The van der Waals surface area contributed by atoms with E-state index in [-0.39, 0.29) is 6.04 Å². The van der Waals surface area contributed by atoms with Crippen LogP contribution in [-0.2, 0) is 0 Å². The van der Waals surface area contributed by atoms with Gasteiger partial charge >= 0.3 is 0 Å². The number of hydrogen-bond acceptors (Lipinski definition) is 4. The summed E-state index contributed by atoms with van der Waals surface area (Å²) >= 11 is 0. The smallest absolute Gasteiger partial charge is 0.118 e. The molecule has 1 aliphatic heterocycles. The van der Waals surface area contributed by atoms with Gasteiger partial charge in [0.25, 0.3) is 0 Å². The van der Waals surface area contributed by atoms with Crippen molar-refractivity contribution in [2.75, 3.05) is 26.7 Å². The average molecular weight is 250 g/mol. The van der Waals surface area contributed by atoms with E-state index in [0.29, 0.717) is 0 Å². The van der Waals surface area contributed by atoms with Gasteiger partial charge in [-0.1, -0.05) is 12.1 Å². The predicted molar refractivity (Wildman–Crippen MR) is 71.6 cm³/mol. The van der Waals surface area contributed by atoms with E-state index in [9.17, 15) is 5.11 Å². The second-order valence-electron chi connectivity index (χ2n) is 4.89. The monoisotopic (exact) mass is 250 g/mol. The van der Waals surface area contributed by atoms with Gasteiger partial charge in [0.2, 0.25) is 0 Å². The fraction of sp³-hybridized carbons (Fsp3) is 0.571. The number of hydrogen-bond donors (Lipinski definition) is 2. The zero-order chi connectivity index (χ0) is 13.0. The molecule has 0 spiro atoms. The average Bonchev–Trinajstić information content (AvgIpc) is 2.91. The van der Waals surface area contributed by atoms with E-state index < -0.39 is 6.10 Å². The molecular formula is C14H22N2O2. The molecule has 0 saturated carbocycles. The quantitative estimate of drug-likeness (QED) is 0.823. The Morgan fingerprint density at radius 3 is 2.44 bits per heavy atom. The second kappa shape index (κ2) is 6.18. The minimum absolute atomic E-state index is 0.239. The molecule has 1 saturated heterocycles. The first-order chi connectivity index (χ1) is 8.70. The molecule has 2 atom stereocenters. The molecule has 0 unspecified atom stereocenters. The Balaban J connectivity index is 1.93. The molecule has 1 fully saturated rings. The minimum Gasteiger partial charge on any atom is -0.497 e. The van der Waals surface area contributed by atoms with E-state index >= 15 is 0 Å². The first kappa shape index (κ1) is 13.3. The number of ether oxygens (including phenoxy) is 1. The molecule has 0 aliphatic carbocycles. The molecule has 100 valence electrons. The number of aliphatic hydroxyl groups is 1. The molecule has 0 aromatic heterocycles. The molecule has 3 N–H and O–H groups in total. The van der Waals surface area contributed by atoms with E-state index in [1.54, 1.807) is 7.11 Å². The van der Waals surface area contributed by atoms with E-state index in [1.807, 2.05) is 24.3 Å². The maximum Gasteiger partial charge on any atom is 0.118 e. The highest BCUT2D eigenvalue weighted by molar-refractivity contribution is 5.29. The number of nitrogens with two attached hydrogens (primary N) is 1. The lowest BCUT2D eigenvalue weighted by atomic mass is 10.0. The topological polar surface area (TPSA) is 58.7 Å². The van der Waals surface area contributed by atoms with Gasteiger partial charge in [-0.15, -0.1) is 0 Å². The largest absolute Gasteiger partial charge is 0.497 e. The predicted octanol–water partition coefficient (Wildman–Crippen LogP) is 1.15. The van der Waals surface area contributed by atoms with Gasteiger partial charge in [0.1, 0.15) is 5.75 Å². The number of methoxy groups -OCH3 is 1. The van der Waals surface area contributed by atoms with E-state index in [4.69, 9.17) is 10.5 Å². The van der Waals surface area contributed by atoms with E-state index in [2.05, 4.69) is 4.90 Å². The molecule has 2 rings (SSSR count). The van der Waals surface area contributed by atoms with Crippen LogP contribution in [0.3, 0.4) is 0 Å². The van der Waals surface area contributed by atoms with Crippen LogP contribution in [0.15, 0.2) is 24.3 Å². The lowest BCUT2D eigenvalue weighted by Gasteiger charge is -2.24. The number of rotatable bonds is 5. The van der Waals surface area contributed by atoms with Crippen LogP contribution in [0, 0.1) is 0 Å². The van der Waals surface area contributed by atoms with Crippen LogP contribution in [0.25, 0.3) is 0 Å². The Morgan fingerprint density at radius 1 is 1.28 bits per heavy atom. The van der Waals surface area contributed by atoms with Gasteiger partial charge in [-0.25, -0.2) is 0 Å². The summed E-state index contributed by atoms with van der Waals surface area (Å²) < 4.78 is 5.10. The second-order valence-corrected chi connectivity index (χ2v) is 4.89. The molecule has 1 aromatic carbocycles. The summed E-state index contributed by atoms with van der Waals surface area (Å²) in [6, 6.07) is 7.19. The number of likely N-dealkylation sites (tertiary alicyclic amines) is 1. The summed E-state index contributed by atoms with van der Waals surface area (Å²) in [5.41, 5.74) is 6.93. The lowest BCUT2D eigenvalue weighted by Crippen LogP contribution is -2.40. The molecule has 4 heteroatoms. The maximum absolute atomic E-state index is 10.2. The van der Waals surface area contributed by atoms with E-state index in [0.717, 1.165) is 30.9 Å². The fourth-order valence-corrected chi connectivity index (χ4v) is 2.41. The highest BCUT2D eigenvalue weighted by Gasteiger charge is 2.21. The Morgan fingerprint density at radius 2 is 1.89 bits per heavy atom. The minimum atomic E-state index is -0.614. The highest BCUT2D eigenvalue weighted by atomic mass is 16.5. The molecule has 1 aromatic rings. The molecule has 0 amide bonds. The van der Waals surface area contributed by atoms with Crippen molar-refractivity contribution in [2.45, 2.75) is 25.0 Å². The lowest BCUT2D eigenvalue weighted by molar-refractivity contribution is 0.125. The van der Waals surface area contributed by atoms with Gasteiger partial charge in [0.15, 0.2) is 0 Å². The normalized spacial score (nSPS) is 19.7. The zero-order valence-electron chi connectivity index (χ0n) is 10.9. The van der Waals surface area contributed by atoms with Crippen molar-refractivity contribution in [3.63, 3.8) is 0 Å². The number of aliphatic hydroxyl groups excluding tert-OH is 1. The van der Waals surface area contributed by atoms with E-state index in [1.165, 1.54) is 12.8 Å². The molecule has 0 bridgehead atoms. The molecule has 4 nitrogen and oxygen atoms in total. The Hall–Kier alpha value is -1.10. The third kappa shape index (κ3) is 3.22. The Kier molecular flexibility index (Phi) is 4.58. The van der Waals surface area contributed by atoms with Crippen molar-refractivity contribution in [3.05, 3.63) is 29.8 Å². The van der Waals surface area contributed by atoms with Crippen molar-refractivity contribution in [2.24, 2.45) is 5.73 Å². The molecular weight excluding hydrogens is 228 g/mol. The van der Waals surface area contributed by atoms with Gasteiger partial charge in [-0.2, -0.15) is 0 Å². The zero-order valence-corrected chi connectivity index (χ0v) is 10.9. The van der Waals surface area contributed by atoms with Crippen LogP contribution in [0.4, 0.5) is 0 Å². The van der Waals surface area contributed by atoms with Crippen molar-refractivity contribution >= 4 is 0 Å². The summed E-state index contributed by atoms with van der Waals surface area (Å²) in [5.74, 6) is 0.791. The number of nitrogens with zero attached hydrogens (tertiary/aromatic N) is 1. The van der Waals surface area contributed by atoms with Crippen LogP contribution < -0.4 is 10.5 Å².